The number of benzene rings is 1. The molecule has 0 radical (unpaired) electrons. The molecule has 0 aliphatic carbocycles. The van der Waals surface area contributed by atoms with Gasteiger partial charge >= 0.3 is 5.97 Å². The number of nitrogens with one attached hydrogen (secondary N) is 1. The summed E-state index contributed by atoms with van der Waals surface area (Å²) in [4.78, 5) is 17.1. The molecule has 3 rings (SSSR count). The predicted octanol–water partition coefficient (Wildman–Crippen LogP) is 4.68. The first-order chi connectivity index (χ1) is 12.3. The zero-order valence-corrected chi connectivity index (χ0v) is 16.3. The Labute approximate surface area is 163 Å². The lowest BCUT2D eigenvalue weighted by molar-refractivity contribution is -0.149. The van der Waals surface area contributed by atoms with E-state index in [2.05, 4.69) is 10.3 Å². The summed E-state index contributed by atoms with van der Waals surface area (Å²) in [6.45, 7) is 3.96. The highest BCUT2D eigenvalue weighted by Crippen LogP contribution is 2.45. The fourth-order valence-electron chi connectivity index (χ4n) is 3.74. The number of carbonyl (C=O) groups excluding carboxylic acids is 1. The number of aromatic nitrogens is 1. The molecular weight excluding hydrogens is 371 g/mol. The standard InChI is InChI=1S/C20H20Cl2N2O2/c1-12-7-17(13-8-15(21)10-16(22)9-13)18(19(25)26-3)20(2,24-12)14-5-4-6-23-11-14/h4-11,17-18,24H,1-3H3. The van der Waals surface area contributed by atoms with Crippen LogP contribution in [0.2, 0.25) is 10.0 Å². The van der Waals surface area contributed by atoms with Gasteiger partial charge in [0.15, 0.2) is 0 Å². The van der Waals surface area contributed by atoms with Crippen LogP contribution in [0.3, 0.4) is 0 Å². The highest BCUT2D eigenvalue weighted by molar-refractivity contribution is 6.34. The number of rotatable bonds is 3. The number of allylic oxidation sites excluding steroid dienone is 2. The minimum atomic E-state index is -0.695. The van der Waals surface area contributed by atoms with E-state index in [0.717, 1.165) is 16.8 Å². The molecule has 3 unspecified atom stereocenters. The van der Waals surface area contributed by atoms with Gasteiger partial charge in [0.25, 0.3) is 0 Å². The molecule has 1 aromatic carbocycles. The minimum absolute atomic E-state index is 0.245. The summed E-state index contributed by atoms with van der Waals surface area (Å²) in [5.41, 5.74) is 2.03. The fourth-order valence-corrected chi connectivity index (χ4v) is 4.28. The molecule has 1 aromatic heterocycles. The zero-order valence-electron chi connectivity index (χ0n) is 14.8. The van der Waals surface area contributed by atoms with Crippen molar-refractivity contribution in [1.29, 1.82) is 0 Å². The van der Waals surface area contributed by atoms with Crippen LogP contribution in [0.5, 0.6) is 0 Å². The lowest BCUT2D eigenvalue weighted by Crippen LogP contribution is -2.53. The Morgan fingerprint density at radius 2 is 1.96 bits per heavy atom. The molecule has 0 amide bonds. The first kappa shape index (κ1) is 18.7. The van der Waals surface area contributed by atoms with Crippen LogP contribution in [0, 0.1) is 5.92 Å². The largest absolute Gasteiger partial charge is 0.469 e. The summed E-state index contributed by atoms with van der Waals surface area (Å²) in [5, 5.41) is 4.52. The maximum Gasteiger partial charge on any atom is 0.312 e. The highest BCUT2D eigenvalue weighted by Gasteiger charge is 2.48. The summed E-state index contributed by atoms with van der Waals surface area (Å²) in [6.07, 6.45) is 5.49. The molecule has 1 aliphatic rings. The quantitative estimate of drug-likeness (QED) is 0.772. The molecule has 136 valence electrons. The number of pyridine rings is 1. The van der Waals surface area contributed by atoms with Crippen molar-refractivity contribution in [3.05, 3.63) is 75.7 Å². The van der Waals surface area contributed by atoms with E-state index in [0.29, 0.717) is 10.0 Å². The second kappa shape index (κ2) is 7.29. The first-order valence-electron chi connectivity index (χ1n) is 8.26. The number of nitrogens with zero attached hydrogens (tertiary/aromatic N) is 1. The van der Waals surface area contributed by atoms with Gasteiger partial charge in [0.2, 0.25) is 0 Å². The Hall–Kier alpha value is -2.04. The van der Waals surface area contributed by atoms with Gasteiger partial charge < -0.3 is 10.1 Å². The predicted molar refractivity (Wildman–Crippen MR) is 103 cm³/mol. The minimum Gasteiger partial charge on any atom is -0.469 e. The molecule has 4 nitrogen and oxygen atoms in total. The smallest absolute Gasteiger partial charge is 0.312 e. The van der Waals surface area contributed by atoms with Gasteiger partial charge in [-0.05, 0) is 49.2 Å². The van der Waals surface area contributed by atoms with Crippen molar-refractivity contribution in [2.45, 2.75) is 25.3 Å². The zero-order chi connectivity index (χ0) is 18.9. The summed E-state index contributed by atoms with van der Waals surface area (Å²) >= 11 is 12.4. The molecule has 0 saturated heterocycles. The molecule has 26 heavy (non-hydrogen) atoms. The summed E-state index contributed by atoms with van der Waals surface area (Å²) < 4.78 is 5.16. The van der Waals surface area contributed by atoms with E-state index in [1.165, 1.54) is 7.11 Å². The Balaban J connectivity index is 2.19. The number of ether oxygens (including phenoxy) is 1. The number of hydrogen-bond acceptors (Lipinski definition) is 4. The topological polar surface area (TPSA) is 51.2 Å². The molecule has 3 atom stereocenters. The van der Waals surface area contributed by atoms with Gasteiger partial charge in [0, 0.05) is 34.1 Å². The van der Waals surface area contributed by atoms with Crippen LogP contribution in [0.15, 0.2) is 54.5 Å². The second-order valence-corrected chi connectivity index (χ2v) is 7.52. The maximum atomic E-state index is 12.8. The van der Waals surface area contributed by atoms with E-state index in [4.69, 9.17) is 27.9 Å². The highest BCUT2D eigenvalue weighted by atomic mass is 35.5. The van der Waals surface area contributed by atoms with Gasteiger partial charge in [-0.25, -0.2) is 0 Å². The van der Waals surface area contributed by atoms with E-state index in [1.54, 1.807) is 18.5 Å². The van der Waals surface area contributed by atoms with Crippen molar-refractivity contribution >= 4 is 29.2 Å². The van der Waals surface area contributed by atoms with E-state index in [1.807, 2.05) is 44.2 Å². The van der Waals surface area contributed by atoms with Crippen molar-refractivity contribution < 1.29 is 9.53 Å². The van der Waals surface area contributed by atoms with E-state index in [9.17, 15) is 4.79 Å². The van der Waals surface area contributed by atoms with Crippen LogP contribution in [0.4, 0.5) is 0 Å². The molecule has 1 N–H and O–H groups in total. The number of carbonyl (C=O) groups is 1. The second-order valence-electron chi connectivity index (χ2n) is 6.65. The fraction of sp³-hybridized carbons (Fsp3) is 0.300. The van der Waals surface area contributed by atoms with Crippen molar-refractivity contribution in [2.24, 2.45) is 5.92 Å². The van der Waals surface area contributed by atoms with Gasteiger partial charge in [-0.15, -0.1) is 0 Å². The molecule has 6 heteroatoms. The Morgan fingerprint density at radius 1 is 1.27 bits per heavy atom. The SMILES string of the molecule is COC(=O)C1C(c2cc(Cl)cc(Cl)c2)C=C(C)NC1(C)c1cccnc1. The van der Waals surface area contributed by atoms with Crippen LogP contribution in [0.25, 0.3) is 0 Å². The normalized spacial score (nSPS) is 25.2. The average Bonchev–Trinajstić information content (AvgIpc) is 2.60. The molecule has 0 saturated carbocycles. The average molecular weight is 391 g/mol. The van der Waals surface area contributed by atoms with Crippen LogP contribution >= 0.6 is 23.2 Å². The third kappa shape index (κ3) is 3.44. The van der Waals surface area contributed by atoms with E-state index < -0.39 is 11.5 Å². The number of methoxy groups -OCH3 is 1. The molecule has 0 spiro atoms. The molecule has 0 fully saturated rings. The summed E-state index contributed by atoms with van der Waals surface area (Å²) in [5.74, 6) is -1.08. The van der Waals surface area contributed by atoms with Crippen LogP contribution in [-0.2, 0) is 15.1 Å². The van der Waals surface area contributed by atoms with Gasteiger partial charge in [-0.1, -0.05) is 35.3 Å². The van der Waals surface area contributed by atoms with Crippen molar-refractivity contribution in [3.8, 4) is 0 Å². The van der Waals surface area contributed by atoms with Crippen LogP contribution < -0.4 is 5.32 Å². The third-order valence-corrected chi connectivity index (χ3v) is 5.29. The Kier molecular flexibility index (Phi) is 5.26. The molecular formula is C20H20Cl2N2O2. The third-order valence-electron chi connectivity index (χ3n) is 4.85. The van der Waals surface area contributed by atoms with Gasteiger partial charge in [-0.3, -0.25) is 9.78 Å². The lowest BCUT2D eigenvalue weighted by atomic mass is 9.68. The first-order valence-corrected chi connectivity index (χ1v) is 9.01. The van der Waals surface area contributed by atoms with Crippen molar-refractivity contribution in [3.63, 3.8) is 0 Å². The van der Waals surface area contributed by atoms with Gasteiger partial charge in [0.05, 0.1) is 18.6 Å². The number of esters is 1. The van der Waals surface area contributed by atoms with Crippen LogP contribution in [-0.4, -0.2) is 18.1 Å². The monoisotopic (exact) mass is 390 g/mol. The number of hydrogen-bond donors (Lipinski definition) is 1. The molecule has 0 bridgehead atoms. The summed E-state index contributed by atoms with van der Waals surface area (Å²) in [6, 6.07) is 9.17. The molecule has 2 aromatic rings. The van der Waals surface area contributed by atoms with Gasteiger partial charge in [0.1, 0.15) is 0 Å². The van der Waals surface area contributed by atoms with Crippen molar-refractivity contribution in [2.75, 3.05) is 7.11 Å². The molecule has 2 heterocycles. The molecule has 1 aliphatic heterocycles. The number of halogens is 2. The maximum absolute atomic E-state index is 12.8. The Bertz CT molecular complexity index is 834. The Morgan fingerprint density at radius 3 is 2.54 bits per heavy atom. The van der Waals surface area contributed by atoms with E-state index in [-0.39, 0.29) is 11.9 Å². The van der Waals surface area contributed by atoms with Gasteiger partial charge in [-0.2, -0.15) is 0 Å². The van der Waals surface area contributed by atoms with E-state index >= 15 is 0 Å². The lowest BCUT2D eigenvalue weighted by Gasteiger charge is -2.45. The van der Waals surface area contributed by atoms with Crippen LogP contribution in [0.1, 0.15) is 30.9 Å². The summed E-state index contributed by atoms with van der Waals surface area (Å²) in [7, 11) is 1.40. The van der Waals surface area contributed by atoms with Crippen molar-refractivity contribution in [1.82, 2.24) is 10.3 Å².